The Morgan fingerprint density at radius 2 is 2.08 bits per heavy atom. The van der Waals surface area contributed by atoms with Crippen LogP contribution in [0.25, 0.3) is 0 Å². The fourth-order valence-electron chi connectivity index (χ4n) is 2.87. The summed E-state index contributed by atoms with van der Waals surface area (Å²) in [5, 5.41) is 14.9. The number of benzene rings is 1. The number of nitro benzene ring substituents is 1. The Kier molecular flexibility index (Phi) is 5.41. The van der Waals surface area contributed by atoms with Crippen molar-refractivity contribution in [2.45, 2.75) is 13.5 Å². The van der Waals surface area contributed by atoms with Crippen LogP contribution in [-0.2, 0) is 6.54 Å². The lowest BCUT2D eigenvalue weighted by molar-refractivity contribution is -0.384. The Morgan fingerprint density at radius 1 is 1.36 bits per heavy atom. The number of nitro groups is 1. The summed E-state index contributed by atoms with van der Waals surface area (Å²) in [5.41, 5.74) is 2.58. The van der Waals surface area contributed by atoms with Crippen LogP contribution in [0, 0.1) is 17.0 Å². The molecule has 2 heterocycles. The SMILES string of the molecule is Cc1cc([N+](=O)[O-])c(N2CCN(C)CC2)cc1NCc1cnc(Cl)s1. The number of nitrogens with one attached hydrogen (secondary N) is 1. The van der Waals surface area contributed by atoms with E-state index in [2.05, 4.69) is 27.1 Å². The molecule has 0 amide bonds. The Bertz CT molecular complexity index is 774. The van der Waals surface area contributed by atoms with Gasteiger partial charge in [-0.05, 0) is 25.6 Å². The van der Waals surface area contributed by atoms with Crippen LogP contribution in [0.3, 0.4) is 0 Å². The van der Waals surface area contributed by atoms with Crippen LogP contribution < -0.4 is 10.2 Å². The maximum Gasteiger partial charge on any atom is 0.292 e. The van der Waals surface area contributed by atoms with Gasteiger partial charge in [0, 0.05) is 49.0 Å². The van der Waals surface area contributed by atoms with Crippen LogP contribution in [0.4, 0.5) is 17.1 Å². The van der Waals surface area contributed by atoms with Crippen molar-refractivity contribution in [3.8, 4) is 0 Å². The van der Waals surface area contributed by atoms with Gasteiger partial charge in [0.2, 0.25) is 0 Å². The summed E-state index contributed by atoms with van der Waals surface area (Å²) in [7, 11) is 2.06. The fraction of sp³-hybridized carbons (Fsp3) is 0.438. The molecule has 1 aromatic heterocycles. The van der Waals surface area contributed by atoms with Gasteiger partial charge in [0.25, 0.3) is 5.69 Å². The third kappa shape index (κ3) is 4.20. The minimum atomic E-state index is -0.298. The summed E-state index contributed by atoms with van der Waals surface area (Å²) in [6, 6.07) is 3.54. The highest BCUT2D eigenvalue weighted by Gasteiger charge is 2.24. The van der Waals surface area contributed by atoms with Gasteiger partial charge in [-0.3, -0.25) is 10.1 Å². The highest BCUT2D eigenvalue weighted by molar-refractivity contribution is 7.15. The molecule has 0 saturated carbocycles. The molecule has 3 rings (SSSR count). The van der Waals surface area contributed by atoms with Gasteiger partial charge in [-0.1, -0.05) is 11.6 Å². The molecule has 0 radical (unpaired) electrons. The molecule has 1 N–H and O–H groups in total. The molecule has 0 aliphatic carbocycles. The number of aryl methyl sites for hydroxylation is 1. The van der Waals surface area contributed by atoms with Crippen LogP contribution in [0.1, 0.15) is 10.4 Å². The first-order valence-electron chi connectivity index (χ1n) is 8.00. The van der Waals surface area contributed by atoms with E-state index in [4.69, 9.17) is 11.6 Å². The van der Waals surface area contributed by atoms with E-state index in [9.17, 15) is 10.1 Å². The summed E-state index contributed by atoms with van der Waals surface area (Å²) in [4.78, 5) is 20.6. The largest absolute Gasteiger partial charge is 0.380 e. The molecule has 7 nitrogen and oxygen atoms in total. The Hall–Kier alpha value is -1.90. The van der Waals surface area contributed by atoms with Gasteiger partial charge < -0.3 is 15.1 Å². The second-order valence-corrected chi connectivity index (χ2v) is 7.83. The number of rotatable bonds is 5. The third-order valence-corrected chi connectivity index (χ3v) is 5.46. The molecule has 1 fully saturated rings. The predicted molar refractivity (Wildman–Crippen MR) is 102 cm³/mol. The first-order chi connectivity index (χ1) is 11.9. The first kappa shape index (κ1) is 17.9. The third-order valence-electron chi connectivity index (χ3n) is 4.34. The maximum absolute atomic E-state index is 11.5. The maximum atomic E-state index is 11.5. The van der Waals surface area contributed by atoms with Crippen molar-refractivity contribution in [1.82, 2.24) is 9.88 Å². The molecule has 1 aliphatic rings. The van der Waals surface area contributed by atoms with E-state index in [-0.39, 0.29) is 10.6 Å². The Balaban J connectivity index is 1.85. The van der Waals surface area contributed by atoms with Crippen LogP contribution in [0.2, 0.25) is 4.47 Å². The number of hydrogen-bond acceptors (Lipinski definition) is 7. The molecule has 1 saturated heterocycles. The van der Waals surface area contributed by atoms with Gasteiger partial charge in [-0.15, -0.1) is 11.3 Å². The first-order valence-corrected chi connectivity index (χ1v) is 9.20. The van der Waals surface area contributed by atoms with E-state index in [1.807, 2.05) is 13.0 Å². The van der Waals surface area contributed by atoms with Gasteiger partial charge in [-0.2, -0.15) is 0 Å². The van der Waals surface area contributed by atoms with Crippen molar-refractivity contribution in [2.24, 2.45) is 0 Å². The summed E-state index contributed by atoms with van der Waals surface area (Å²) >= 11 is 7.28. The molecule has 134 valence electrons. The van der Waals surface area contributed by atoms with E-state index in [0.29, 0.717) is 16.7 Å². The molecular weight excluding hydrogens is 362 g/mol. The van der Waals surface area contributed by atoms with Gasteiger partial charge in [0.15, 0.2) is 4.47 Å². The summed E-state index contributed by atoms with van der Waals surface area (Å²) in [5.74, 6) is 0. The van der Waals surface area contributed by atoms with Crippen molar-refractivity contribution in [2.75, 3.05) is 43.4 Å². The Morgan fingerprint density at radius 3 is 2.68 bits per heavy atom. The number of piperazine rings is 1. The highest BCUT2D eigenvalue weighted by atomic mass is 35.5. The monoisotopic (exact) mass is 381 g/mol. The number of hydrogen-bond donors (Lipinski definition) is 1. The molecule has 1 aromatic carbocycles. The summed E-state index contributed by atoms with van der Waals surface area (Å²) in [6.07, 6.45) is 1.74. The van der Waals surface area contributed by atoms with E-state index >= 15 is 0 Å². The zero-order chi connectivity index (χ0) is 18.0. The van der Waals surface area contributed by atoms with Gasteiger partial charge in [-0.25, -0.2) is 4.98 Å². The highest BCUT2D eigenvalue weighted by Crippen LogP contribution is 2.34. The van der Waals surface area contributed by atoms with Crippen molar-refractivity contribution < 1.29 is 4.92 Å². The lowest BCUT2D eigenvalue weighted by Gasteiger charge is -2.34. The van der Waals surface area contributed by atoms with Crippen molar-refractivity contribution in [3.63, 3.8) is 0 Å². The summed E-state index contributed by atoms with van der Waals surface area (Å²) in [6.45, 7) is 5.82. The normalized spacial score (nSPS) is 15.4. The van der Waals surface area contributed by atoms with Gasteiger partial charge in [0.1, 0.15) is 5.69 Å². The zero-order valence-corrected chi connectivity index (χ0v) is 15.7. The fourth-order valence-corrected chi connectivity index (χ4v) is 3.78. The number of halogens is 1. The van der Waals surface area contributed by atoms with Crippen molar-refractivity contribution in [1.29, 1.82) is 0 Å². The smallest absolute Gasteiger partial charge is 0.292 e. The standard InChI is InChI=1S/C16H20ClN5O2S/c1-11-7-15(22(23)24)14(21-5-3-20(2)4-6-21)8-13(11)18-9-12-10-19-16(17)25-12/h7-8,10,18H,3-6,9H2,1-2H3. The number of aromatic nitrogens is 1. The lowest BCUT2D eigenvalue weighted by Crippen LogP contribution is -2.44. The Labute approximate surface area is 155 Å². The molecular formula is C16H20ClN5O2S. The molecule has 0 unspecified atom stereocenters. The minimum Gasteiger partial charge on any atom is -0.380 e. The second kappa shape index (κ2) is 7.55. The molecule has 9 heteroatoms. The summed E-state index contributed by atoms with van der Waals surface area (Å²) < 4.78 is 0.510. The van der Waals surface area contributed by atoms with Crippen LogP contribution in [-0.4, -0.2) is 48.0 Å². The average molecular weight is 382 g/mol. The number of thiazole rings is 1. The molecule has 25 heavy (non-hydrogen) atoms. The van der Waals surface area contributed by atoms with Gasteiger partial charge >= 0.3 is 0 Å². The molecule has 0 atom stereocenters. The minimum absolute atomic E-state index is 0.161. The number of likely N-dealkylation sites (N-methyl/N-ethyl adjacent to an activating group) is 1. The second-order valence-electron chi connectivity index (χ2n) is 6.14. The molecule has 0 bridgehead atoms. The van der Waals surface area contributed by atoms with E-state index in [1.54, 1.807) is 12.3 Å². The van der Waals surface area contributed by atoms with Crippen molar-refractivity contribution in [3.05, 3.63) is 43.4 Å². The molecule has 1 aliphatic heterocycles. The zero-order valence-electron chi connectivity index (χ0n) is 14.2. The van der Waals surface area contributed by atoms with E-state index in [0.717, 1.165) is 42.3 Å². The quantitative estimate of drug-likeness (QED) is 0.632. The molecule has 0 spiro atoms. The van der Waals surface area contributed by atoms with Crippen molar-refractivity contribution >= 4 is 40.0 Å². The predicted octanol–water partition coefficient (Wildman–Crippen LogP) is 3.38. The topological polar surface area (TPSA) is 74.5 Å². The van der Waals surface area contributed by atoms with E-state index < -0.39 is 0 Å². The number of nitrogens with zero attached hydrogens (tertiary/aromatic N) is 4. The molecule has 2 aromatic rings. The average Bonchev–Trinajstić information content (AvgIpc) is 2.99. The van der Waals surface area contributed by atoms with E-state index in [1.165, 1.54) is 11.3 Å². The lowest BCUT2D eigenvalue weighted by atomic mass is 10.1. The van der Waals surface area contributed by atoms with Crippen LogP contribution in [0.15, 0.2) is 18.3 Å². The van der Waals surface area contributed by atoms with Crippen LogP contribution in [0.5, 0.6) is 0 Å². The van der Waals surface area contributed by atoms with Gasteiger partial charge in [0.05, 0.1) is 11.5 Å². The van der Waals surface area contributed by atoms with Crippen LogP contribution >= 0.6 is 22.9 Å². The number of anilines is 2.